The number of likely N-dealkylation sites (tertiary alicyclic amines) is 1. The molecule has 2 aromatic heterocycles. The van der Waals surface area contributed by atoms with Crippen LogP contribution in [0.4, 0.5) is 0 Å². The van der Waals surface area contributed by atoms with E-state index in [-0.39, 0.29) is 46.7 Å². The zero-order valence-electron chi connectivity index (χ0n) is 25.0. The zero-order valence-corrected chi connectivity index (χ0v) is 25.9. The molecule has 3 fully saturated rings. The van der Waals surface area contributed by atoms with Gasteiger partial charge in [0.25, 0.3) is 5.91 Å². The van der Waals surface area contributed by atoms with Gasteiger partial charge in [-0.2, -0.15) is 0 Å². The molecule has 2 aliphatic carbocycles. The molecule has 11 heteroatoms. The topological polar surface area (TPSA) is 133 Å². The fourth-order valence-electron chi connectivity index (χ4n) is 6.98. The van der Waals surface area contributed by atoms with Gasteiger partial charge < -0.3 is 25.3 Å². The monoisotopic (exact) mass is 613 g/mol. The van der Waals surface area contributed by atoms with Crippen molar-refractivity contribution >= 4 is 56.0 Å². The van der Waals surface area contributed by atoms with Crippen LogP contribution in [0.2, 0.25) is 0 Å². The van der Waals surface area contributed by atoms with Gasteiger partial charge in [0.1, 0.15) is 23.5 Å². The second kappa shape index (κ2) is 10.4. The van der Waals surface area contributed by atoms with E-state index in [1.807, 2.05) is 42.5 Å². The van der Waals surface area contributed by atoms with Crippen LogP contribution in [0, 0.1) is 23.2 Å². The van der Waals surface area contributed by atoms with E-state index in [4.69, 9.17) is 4.74 Å². The van der Waals surface area contributed by atoms with Gasteiger partial charge in [-0.25, -0.2) is 4.98 Å². The number of hydrogen-bond acceptors (Lipinski definition) is 7. The number of methoxy groups -OCH3 is 1. The summed E-state index contributed by atoms with van der Waals surface area (Å²) in [6.07, 6.45) is 1.65. The number of hydrogen-bond donors (Lipinski definition) is 3. The molecular formula is C33H35N5O5S. The molecule has 0 radical (unpaired) electrons. The predicted molar refractivity (Wildman–Crippen MR) is 167 cm³/mol. The first-order valence-electron chi connectivity index (χ1n) is 15.1. The summed E-state index contributed by atoms with van der Waals surface area (Å²) in [5.41, 5.74) is 1.75. The second-order valence-corrected chi connectivity index (χ2v) is 13.9. The minimum atomic E-state index is -0.807. The van der Waals surface area contributed by atoms with Crippen molar-refractivity contribution in [3.8, 4) is 5.75 Å². The van der Waals surface area contributed by atoms with Crippen LogP contribution in [-0.4, -0.2) is 70.2 Å². The normalized spacial score (nSPS) is 23.2. The molecule has 4 aromatic rings. The minimum absolute atomic E-state index is 0.0125. The van der Waals surface area contributed by atoms with Gasteiger partial charge in [-0.1, -0.05) is 32.0 Å². The molecule has 3 heterocycles. The molecule has 2 saturated carbocycles. The van der Waals surface area contributed by atoms with Crippen molar-refractivity contribution in [2.75, 3.05) is 13.7 Å². The number of carbonyl (C=O) groups excluding carboxylic acids is 4. The van der Waals surface area contributed by atoms with E-state index >= 15 is 0 Å². The molecule has 10 nitrogen and oxygen atoms in total. The van der Waals surface area contributed by atoms with Crippen molar-refractivity contribution < 1.29 is 23.9 Å². The number of amides is 3. The Morgan fingerprint density at radius 1 is 1.09 bits per heavy atom. The summed E-state index contributed by atoms with van der Waals surface area (Å²) in [4.78, 5) is 63.9. The Hall–Kier alpha value is -4.25. The van der Waals surface area contributed by atoms with Crippen molar-refractivity contribution in [2.45, 2.75) is 51.7 Å². The highest BCUT2D eigenvalue weighted by molar-refractivity contribution is 7.20. The summed E-state index contributed by atoms with van der Waals surface area (Å²) in [7, 11) is 1.58. The van der Waals surface area contributed by atoms with Crippen LogP contribution in [0.1, 0.15) is 53.9 Å². The molecule has 3 aliphatic rings. The minimum Gasteiger partial charge on any atom is -0.496 e. The Bertz CT molecular complexity index is 1790. The van der Waals surface area contributed by atoms with Gasteiger partial charge in [0.2, 0.25) is 17.6 Å². The van der Waals surface area contributed by atoms with Crippen molar-refractivity contribution in [2.24, 2.45) is 23.2 Å². The molecule has 0 spiro atoms. The first-order chi connectivity index (χ1) is 21.1. The molecule has 2 aromatic carbocycles. The van der Waals surface area contributed by atoms with E-state index in [0.29, 0.717) is 23.0 Å². The number of piperidine rings is 1. The fraction of sp³-hybridized carbons (Fsp3) is 0.424. The molecule has 228 valence electrons. The molecule has 1 aliphatic heterocycles. The smallest absolute Gasteiger partial charge is 0.268 e. The number of para-hydroxylation sites is 1. The average Bonchev–Trinajstić information content (AvgIpc) is 3.66. The van der Waals surface area contributed by atoms with Crippen LogP contribution in [0.5, 0.6) is 5.75 Å². The summed E-state index contributed by atoms with van der Waals surface area (Å²) in [6.45, 7) is 6.33. The number of aromatic nitrogens is 2. The van der Waals surface area contributed by atoms with E-state index in [0.717, 1.165) is 34.0 Å². The van der Waals surface area contributed by atoms with E-state index < -0.39 is 18.1 Å². The maximum atomic E-state index is 14.1. The highest BCUT2D eigenvalue weighted by Gasteiger charge is 2.69. The first-order valence-corrected chi connectivity index (χ1v) is 15.9. The average molecular weight is 614 g/mol. The van der Waals surface area contributed by atoms with Crippen molar-refractivity contribution in [3.05, 3.63) is 59.2 Å². The maximum absolute atomic E-state index is 14.1. The summed E-state index contributed by atoms with van der Waals surface area (Å²) < 4.78 is 6.33. The fourth-order valence-corrected chi connectivity index (χ4v) is 7.97. The number of nitrogens with one attached hydrogen (secondary N) is 3. The summed E-state index contributed by atoms with van der Waals surface area (Å²) in [6, 6.07) is 12.5. The SMILES string of the molecule is COc1cccc2[nH]c(C(=O)NC(C(=O)N3C[C@H]4[C@@H]([C@H]3C(=O)NC(C)C(=O)c3nc5ccccc5s3)C4(C)C)C3CC3)cc12. The van der Waals surface area contributed by atoms with Gasteiger partial charge in [0.15, 0.2) is 5.01 Å². The Kier molecular flexibility index (Phi) is 6.76. The van der Waals surface area contributed by atoms with Gasteiger partial charge in [-0.05, 0) is 73.3 Å². The number of aromatic amines is 1. The van der Waals surface area contributed by atoms with Crippen LogP contribution < -0.4 is 15.4 Å². The van der Waals surface area contributed by atoms with Crippen LogP contribution in [0.25, 0.3) is 21.1 Å². The van der Waals surface area contributed by atoms with Crippen molar-refractivity contribution in [1.82, 2.24) is 25.5 Å². The molecule has 44 heavy (non-hydrogen) atoms. The number of fused-ring (bicyclic) bond motifs is 3. The lowest BCUT2D eigenvalue weighted by atomic mass is 9.98. The molecule has 0 bridgehead atoms. The predicted octanol–water partition coefficient (Wildman–Crippen LogP) is 4.17. The Balaban J connectivity index is 1.09. The number of thiazole rings is 1. The number of benzene rings is 2. The number of Topliss-reactive ketones (excluding diaryl/α,β-unsaturated/α-hetero) is 1. The number of carbonyl (C=O) groups is 4. The second-order valence-electron chi connectivity index (χ2n) is 12.9. The third-order valence-corrected chi connectivity index (χ3v) is 10.8. The van der Waals surface area contributed by atoms with Crippen LogP contribution in [0.3, 0.4) is 0 Å². The van der Waals surface area contributed by atoms with Crippen LogP contribution >= 0.6 is 11.3 Å². The van der Waals surface area contributed by atoms with Crippen LogP contribution in [-0.2, 0) is 9.59 Å². The number of ether oxygens (including phenoxy) is 1. The highest BCUT2D eigenvalue weighted by atomic mass is 32.1. The molecule has 1 saturated heterocycles. The first kappa shape index (κ1) is 28.5. The van der Waals surface area contributed by atoms with E-state index in [2.05, 4.69) is 34.4 Å². The molecule has 3 N–H and O–H groups in total. The summed E-state index contributed by atoms with van der Waals surface area (Å²) in [5, 5.41) is 7.00. The van der Waals surface area contributed by atoms with E-state index in [1.54, 1.807) is 25.0 Å². The lowest BCUT2D eigenvalue weighted by Crippen LogP contribution is -2.57. The zero-order chi connectivity index (χ0) is 30.9. The molecule has 3 amide bonds. The summed E-state index contributed by atoms with van der Waals surface area (Å²) >= 11 is 1.30. The van der Waals surface area contributed by atoms with Gasteiger partial charge in [-0.15, -0.1) is 11.3 Å². The lowest BCUT2D eigenvalue weighted by Gasteiger charge is -2.33. The maximum Gasteiger partial charge on any atom is 0.268 e. The third kappa shape index (κ3) is 4.74. The quantitative estimate of drug-likeness (QED) is 0.243. The number of nitrogens with zero attached hydrogens (tertiary/aromatic N) is 2. The van der Waals surface area contributed by atoms with E-state index in [9.17, 15) is 19.2 Å². The number of H-pyrrole nitrogens is 1. The van der Waals surface area contributed by atoms with Gasteiger partial charge in [-0.3, -0.25) is 19.2 Å². The third-order valence-electron chi connectivity index (χ3n) is 9.75. The molecule has 7 rings (SSSR count). The van der Waals surface area contributed by atoms with Gasteiger partial charge in [0, 0.05) is 17.4 Å². The van der Waals surface area contributed by atoms with Crippen molar-refractivity contribution in [1.29, 1.82) is 0 Å². The van der Waals surface area contributed by atoms with Gasteiger partial charge in [0.05, 0.1) is 23.4 Å². The van der Waals surface area contributed by atoms with Crippen LogP contribution in [0.15, 0.2) is 48.5 Å². The van der Waals surface area contributed by atoms with E-state index in [1.165, 1.54) is 11.3 Å². The summed E-state index contributed by atoms with van der Waals surface area (Å²) in [5.74, 6) is -0.420. The van der Waals surface area contributed by atoms with Crippen molar-refractivity contribution in [3.63, 3.8) is 0 Å². The Labute approximate surface area is 258 Å². The molecule has 2 unspecified atom stereocenters. The Morgan fingerprint density at radius 3 is 2.59 bits per heavy atom. The number of ketones is 1. The largest absolute Gasteiger partial charge is 0.496 e. The van der Waals surface area contributed by atoms with Gasteiger partial charge >= 0.3 is 0 Å². The molecule has 5 atom stereocenters. The lowest BCUT2D eigenvalue weighted by molar-refractivity contribution is -0.142. The Morgan fingerprint density at radius 2 is 1.86 bits per heavy atom. The number of rotatable bonds is 9. The molecular weight excluding hydrogens is 578 g/mol. The standard InChI is InChI=1S/C33H35N5O5S/c1-16(28(39)31-36-21-8-5-6-11-24(21)44-31)34-30(41)27-25-19(33(25,2)3)15-38(27)32(42)26(17-12-13-17)37-29(40)22-14-18-20(35-22)9-7-10-23(18)43-4/h5-11,14,16-17,19,25-27,35H,12-13,15H2,1-4H3,(H,34,41)(H,37,40)/t16?,19-,25-,26?,27-/m0/s1. The highest BCUT2D eigenvalue weighted by Crippen LogP contribution is 2.65.